The Morgan fingerprint density at radius 1 is 1.24 bits per heavy atom. The van der Waals surface area contributed by atoms with Crippen LogP contribution >= 0.6 is 22.7 Å². The summed E-state index contributed by atoms with van der Waals surface area (Å²) in [5.74, 6) is -0.386. The van der Waals surface area contributed by atoms with Crippen LogP contribution in [0.5, 0.6) is 0 Å². The number of fused-ring (bicyclic) bond motifs is 1. The van der Waals surface area contributed by atoms with Crippen molar-refractivity contribution < 1.29 is 14.3 Å². The number of para-hydroxylation sites is 1. The topological polar surface area (TPSA) is 68.3 Å². The molecule has 2 heterocycles. The minimum atomic E-state index is -0.370. The number of hydrogen-bond donors (Lipinski definition) is 1. The Balaban J connectivity index is 1.42. The van der Waals surface area contributed by atoms with Crippen LogP contribution < -0.4 is 5.32 Å². The van der Waals surface area contributed by atoms with Gasteiger partial charge in [-0.15, -0.1) is 22.7 Å². The fourth-order valence-corrected chi connectivity index (χ4v) is 3.89. The molecule has 1 amide bonds. The summed E-state index contributed by atoms with van der Waals surface area (Å²) in [6, 6.07) is 11.5. The van der Waals surface area contributed by atoms with E-state index in [1.807, 2.05) is 42.6 Å². The molecule has 0 spiro atoms. The van der Waals surface area contributed by atoms with Gasteiger partial charge in [0, 0.05) is 13.0 Å². The Morgan fingerprint density at radius 3 is 2.84 bits per heavy atom. The number of aromatic nitrogens is 1. The van der Waals surface area contributed by atoms with Crippen molar-refractivity contribution in [3.05, 3.63) is 51.7 Å². The van der Waals surface area contributed by atoms with Crippen LogP contribution in [0.25, 0.3) is 10.2 Å². The highest BCUT2D eigenvalue weighted by atomic mass is 32.1. The van der Waals surface area contributed by atoms with Crippen molar-refractivity contribution in [2.75, 3.05) is 6.54 Å². The van der Waals surface area contributed by atoms with Crippen LogP contribution in [-0.4, -0.2) is 23.4 Å². The molecule has 25 heavy (non-hydrogen) atoms. The molecular weight excluding hydrogens is 356 g/mol. The van der Waals surface area contributed by atoms with Gasteiger partial charge < -0.3 is 10.1 Å². The van der Waals surface area contributed by atoms with Gasteiger partial charge in [0.05, 0.1) is 15.1 Å². The third kappa shape index (κ3) is 4.64. The Morgan fingerprint density at radius 2 is 2.08 bits per heavy atom. The van der Waals surface area contributed by atoms with E-state index in [2.05, 4.69) is 10.3 Å². The van der Waals surface area contributed by atoms with E-state index < -0.39 is 0 Å². The fraction of sp³-hybridized carbons (Fsp3) is 0.278. The van der Waals surface area contributed by atoms with Crippen LogP contribution in [0.4, 0.5) is 0 Å². The van der Waals surface area contributed by atoms with E-state index >= 15 is 0 Å². The maximum atomic E-state index is 12.0. The van der Waals surface area contributed by atoms with Crippen LogP contribution in [0.2, 0.25) is 0 Å². The monoisotopic (exact) mass is 374 g/mol. The number of ether oxygens (including phenoxy) is 1. The SMILES string of the molecule is CC(OC(=O)CCCNC(=O)c1cccs1)c1nc2ccccc2s1. The highest BCUT2D eigenvalue weighted by Crippen LogP contribution is 2.28. The van der Waals surface area contributed by atoms with Gasteiger partial charge in [0.15, 0.2) is 6.10 Å². The Bertz CT molecular complexity index is 825. The van der Waals surface area contributed by atoms with Crippen molar-refractivity contribution in [3.8, 4) is 0 Å². The normalized spacial score (nSPS) is 12.0. The van der Waals surface area contributed by atoms with Crippen LogP contribution in [0, 0.1) is 0 Å². The summed E-state index contributed by atoms with van der Waals surface area (Å²) in [5.41, 5.74) is 0.918. The van der Waals surface area contributed by atoms with Crippen LogP contribution in [0.1, 0.15) is 40.5 Å². The molecule has 1 atom stereocenters. The average molecular weight is 374 g/mol. The second kappa shape index (κ2) is 8.22. The molecule has 3 rings (SSSR count). The molecule has 0 aliphatic heterocycles. The lowest BCUT2D eigenvalue weighted by atomic mass is 10.3. The predicted octanol–water partition coefficient (Wildman–Crippen LogP) is 4.17. The highest BCUT2D eigenvalue weighted by Gasteiger charge is 2.16. The quantitative estimate of drug-likeness (QED) is 0.498. The zero-order valence-corrected chi connectivity index (χ0v) is 15.4. The standard InChI is InChI=1S/C18H18N2O3S2/c1-12(18-20-13-6-2-3-7-14(13)25-18)23-16(21)9-4-10-19-17(22)15-8-5-11-24-15/h2-3,5-8,11-12H,4,9-10H2,1H3,(H,19,22). The molecular formula is C18H18N2O3S2. The lowest BCUT2D eigenvalue weighted by Crippen LogP contribution is -2.24. The molecule has 1 unspecified atom stereocenters. The minimum Gasteiger partial charge on any atom is -0.455 e. The molecule has 3 aromatic rings. The minimum absolute atomic E-state index is 0.105. The van der Waals surface area contributed by atoms with Crippen molar-refractivity contribution in [1.29, 1.82) is 0 Å². The van der Waals surface area contributed by atoms with Gasteiger partial charge >= 0.3 is 5.97 Å². The zero-order chi connectivity index (χ0) is 17.6. The van der Waals surface area contributed by atoms with Crippen molar-refractivity contribution in [2.24, 2.45) is 0 Å². The smallest absolute Gasteiger partial charge is 0.306 e. The van der Waals surface area contributed by atoms with Crippen LogP contribution in [0.15, 0.2) is 41.8 Å². The second-order valence-corrected chi connectivity index (χ2v) is 7.50. The first-order valence-electron chi connectivity index (χ1n) is 8.00. The summed E-state index contributed by atoms with van der Waals surface area (Å²) in [7, 11) is 0. The van der Waals surface area contributed by atoms with Gasteiger partial charge in [0.1, 0.15) is 5.01 Å². The lowest BCUT2D eigenvalue weighted by Gasteiger charge is -2.10. The van der Waals surface area contributed by atoms with Crippen molar-refractivity contribution >= 4 is 44.8 Å². The molecule has 0 bridgehead atoms. The molecule has 5 nitrogen and oxygen atoms in total. The Kier molecular flexibility index (Phi) is 5.78. The molecule has 1 aromatic carbocycles. The van der Waals surface area contributed by atoms with Crippen molar-refractivity contribution in [3.63, 3.8) is 0 Å². The van der Waals surface area contributed by atoms with E-state index in [1.54, 1.807) is 6.07 Å². The summed E-state index contributed by atoms with van der Waals surface area (Å²) in [6.07, 6.45) is 0.438. The van der Waals surface area contributed by atoms with E-state index in [9.17, 15) is 9.59 Å². The van der Waals surface area contributed by atoms with E-state index in [4.69, 9.17) is 4.74 Å². The number of nitrogens with one attached hydrogen (secondary N) is 1. The van der Waals surface area contributed by atoms with Gasteiger partial charge in [-0.3, -0.25) is 9.59 Å². The molecule has 0 aliphatic carbocycles. The molecule has 0 saturated heterocycles. The Hall–Kier alpha value is -2.25. The summed E-state index contributed by atoms with van der Waals surface area (Å²) >= 11 is 2.93. The predicted molar refractivity (Wildman–Crippen MR) is 100 cm³/mol. The first kappa shape index (κ1) is 17.6. The molecule has 0 radical (unpaired) electrons. The summed E-state index contributed by atoms with van der Waals surface area (Å²) < 4.78 is 6.52. The number of carbonyl (C=O) groups excluding carboxylic acids is 2. The fourth-order valence-electron chi connectivity index (χ4n) is 2.30. The van der Waals surface area contributed by atoms with E-state index in [0.29, 0.717) is 17.8 Å². The van der Waals surface area contributed by atoms with E-state index in [-0.39, 0.29) is 24.4 Å². The van der Waals surface area contributed by atoms with E-state index in [0.717, 1.165) is 15.2 Å². The molecule has 0 saturated carbocycles. The highest BCUT2D eigenvalue weighted by molar-refractivity contribution is 7.18. The number of amides is 1. The molecule has 130 valence electrons. The average Bonchev–Trinajstić information content (AvgIpc) is 3.27. The number of rotatable bonds is 7. The third-order valence-corrected chi connectivity index (χ3v) is 5.62. The van der Waals surface area contributed by atoms with Crippen LogP contribution in [-0.2, 0) is 9.53 Å². The molecule has 0 fully saturated rings. The van der Waals surface area contributed by atoms with Gasteiger partial charge in [0.25, 0.3) is 5.91 Å². The number of thiazole rings is 1. The summed E-state index contributed by atoms with van der Waals surface area (Å²) in [6.45, 7) is 2.27. The van der Waals surface area contributed by atoms with Crippen molar-refractivity contribution in [2.45, 2.75) is 25.9 Å². The van der Waals surface area contributed by atoms with Gasteiger partial charge in [-0.25, -0.2) is 4.98 Å². The van der Waals surface area contributed by atoms with Gasteiger partial charge in [-0.05, 0) is 36.9 Å². The number of nitrogens with zero attached hydrogens (tertiary/aromatic N) is 1. The van der Waals surface area contributed by atoms with Crippen molar-refractivity contribution in [1.82, 2.24) is 10.3 Å². The molecule has 2 aromatic heterocycles. The first-order valence-corrected chi connectivity index (χ1v) is 9.70. The van der Waals surface area contributed by atoms with Crippen LogP contribution in [0.3, 0.4) is 0 Å². The zero-order valence-electron chi connectivity index (χ0n) is 13.7. The Labute approximate surface area is 153 Å². The lowest BCUT2D eigenvalue weighted by molar-refractivity contribution is -0.148. The second-order valence-electron chi connectivity index (χ2n) is 5.49. The molecule has 7 heteroatoms. The summed E-state index contributed by atoms with van der Waals surface area (Å²) in [5, 5.41) is 5.45. The number of carbonyl (C=O) groups is 2. The van der Waals surface area contributed by atoms with E-state index in [1.165, 1.54) is 22.7 Å². The summed E-state index contributed by atoms with van der Waals surface area (Å²) in [4.78, 5) is 28.9. The molecule has 1 N–H and O–H groups in total. The largest absolute Gasteiger partial charge is 0.455 e. The number of esters is 1. The van der Waals surface area contributed by atoms with Gasteiger partial charge in [0.2, 0.25) is 0 Å². The number of thiophene rings is 1. The number of hydrogen-bond acceptors (Lipinski definition) is 6. The third-order valence-electron chi connectivity index (χ3n) is 3.55. The number of benzene rings is 1. The van der Waals surface area contributed by atoms with Gasteiger partial charge in [-0.1, -0.05) is 18.2 Å². The van der Waals surface area contributed by atoms with Gasteiger partial charge in [-0.2, -0.15) is 0 Å². The first-order chi connectivity index (χ1) is 12.1. The molecule has 0 aliphatic rings. The maximum Gasteiger partial charge on any atom is 0.306 e. The maximum absolute atomic E-state index is 12.0.